The third-order valence-electron chi connectivity index (χ3n) is 3.16. The molecule has 0 spiro atoms. The fraction of sp³-hybridized carbons (Fsp3) is 0.909. The van der Waals surface area contributed by atoms with Crippen molar-refractivity contribution in [2.24, 2.45) is 16.8 Å². The van der Waals surface area contributed by atoms with E-state index in [0.29, 0.717) is 5.92 Å². The summed E-state index contributed by atoms with van der Waals surface area (Å²) in [5.41, 5.74) is 0.0254. The Morgan fingerprint density at radius 1 is 1.38 bits per heavy atom. The maximum Gasteiger partial charge on any atom is 0.187 e. The summed E-state index contributed by atoms with van der Waals surface area (Å²) in [7, 11) is 0. The van der Waals surface area contributed by atoms with Crippen LogP contribution in [0.5, 0.6) is 0 Å². The summed E-state index contributed by atoms with van der Waals surface area (Å²) in [4.78, 5) is 4.65. The molecule has 0 amide bonds. The summed E-state index contributed by atoms with van der Waals surface area (Å²) in [6, 6.07) is 0. The van der Waals surface area contributed by atoms with E-state index in [1.54, 1.807) is 0 Å². The highest BCUT2D eigenvalue weighted by Crippen LogP contribution is 2.35. The molecule has 0 saturated heterocycles. The number of nitrogens with zero attached hydrogens (tertiary/aromatic N) is 1. The lowest BCUT2D eigenvalue weighted by Gasteiger charge is -2.13. The van der Waals surface area contributed by atoms with Crippen LogP contribution in [0.3, 0.4) is 0 Å². The number of aliphatic imine (C=N–C) groups is 1. The highest BCUT2D eigenvalue weighted by atomic mass is 16.5. The van der Waals surface area contributed by atoms with Crippen LogP contribution in [-0.2, 0) is 4.74 Å². The Kier molecular flexibility index (Phi) is 2.09. The first-order valence-corrected chi connectivity index (χ1v) is 5.31. The molecule has 74 valence electrons. The van der Waals surface area contributed by atoms with Gasteiger partial charge in [-0.25, -0.2) is 4.99 Å². The van der Waals surface area contributed by atoms with Gasteiger partial charge in [-0.05, 0) is 32.6 Å². The molecular weight excluding hydrogens is 162 g/mol. The minimum Gasteiger partial charge on any atom is -0.478 e. The summed E-state index contributed by atoms with van der Waals surface area (Å²) >= 11 is 0. The third-order valence-corrected chi connectivity index (χ3v) is 3.16. The van der Waals surface area contributed by atoms with E-state index in [-0.39, 0.29) is 5.54 Å². The van der Waals surface area contributed by atoms with Crippen LogP contribution in [0.25, 0.3) is 0 Å². The van der Waals surface area contributed by atoms with Gasteiger partial charge in [0.15, 0.2) is 5.90 Å². The standard InChI is InChI=1S/C11H19NO/c1-8-5-4-6-9(8)10-12-11(2,3)7-13-10/h8-9H,4-7H2,1-3H3/t8-,9-/m0/s1. The third kappa shape index (κ3) is 1.72. The summed E-state index contributed by atoms with van der Waals surface area (Å²) in [6.45, 7) is 7.36. The van der Waals surface area contributed by atoms with Gasteiger partial charge >= 0.3 is 0 Å². The number of hydrogen-bond acceptors (Lipinski definition) is 2. The Morgan fingerprint density at radius 3 is 2.62 bits per heavy atom. The lowest BCUT2D eigenvalue weighted by molar-refractivity contribution is 0.259. The Bertz CT molecular complexity index is 232. The summed E-state index contributed by atoms with van der Waals surface area (Å²) in [5, 5.41) is 0. The molecule has 2 rings (SSSR count). The van der Waals surface area contributed by atoms with Crippen LogP contribution in [0.2, 0.25) is 0 Å². The molecule has 0 N–H and O–H groups in total. The van der Waals surface area contributed by atoms with Gasteiger partial charge in [0, 0.05) is 5.92 Å². The van der Waals surface area contributed by atoms with Gasteiger partial charge in [-0.15, -0.1) is 0 Å². The normalized spacial score (nSPS) is 37.3. The molecule has 1 aliphatic carbocycles. The second kappa shape index (κ2) is 3.00. The van der Waals surface area contributed by atoms with Gasteiger partial charge in [0.1, 0.15) is 6.61 Å². The lowest BCUT2D eigenvalue weighted by atomic mass is 9.98. The quantitative estimate of drug-likeness (QED) is 0.609. The highest BCUT2D eigenvalue weighted by molar-refractivity contribution is 5.81. The molecule has 2 nitrogen and oxygen atoms in total. The Hall–Kier alpha value is -0.530. The smallest absolute Gasteiger partial charge is 0.187 e. The zero-order valence-electron chi connectivity index (χ0n) is 8.84. The first-order chi connectivity index (χ1) is 6.08. The van der Waals surface area contributed by atoms with Crippen molar-refractivity contribution in [3.8, 4) is 0 Å². The monoisotopic (exact) mass is 181 g/mol. The molecule has 0 aromatic heterocycles. The van der Waals surface area contributed by atoms with E-state index < -0.39 is 0 Å². The number of ether oxygens (including phenoxy) is 1. The minimum atomic E-state index is 0.0254. The Labute approximate surface area is 80.4 Å². The van der Waals surface area contributed by atoms with Crippen LogP contribution in [0.4, 0.5) is 0 Å². The van der Waals surface area contributed by atoms with Crippen molar-refractivity contribution in [3.05, 3.63) is 0 Å². The molecule has 2 atom stereocenters. The average Bonchev–Trinajstić information content (AvgIpc) is 2.56. The molecule has 1 aliphatic heterocycles. The van der Waals surface area contributed by atoms with Crippen molar-refractivity contribution >= 4 is 5.90 Å². The second-order valence-electron chi connectivity index (χ2n) is 5.07. The van der Waals surface area contributed by atoms with Gasteiger partial charge < -0.3 is 4.74 Å². The second-order valence-corrected chi connectivity index (χ2v) is 5.07. The zero-order valence-corrected chi connectivity index (χ0v) is 8.84. The topological polar surface area (TPSA) is 21.6 Å². The summed E-state index contributed by atoms with van der Waals surface area (Å²) in [5.74, 6) is 2.42. The van der Waals surface area contributed by atoms with Crippen molar-refractivity contribution in [2.45, 2.75) is 45.6 Å². The predicted octanol–water partition coefficient (Wildman–Crippen LogP) is 2.63. The van der Waals surface area contributed by atoms with E-state index in [1.807, 2.05) is 0 Å². The van der Waals surface area contributed by atoms with Gasteiger partial charge in [0.25, 0.3) is 0 Å². The van der Waals surface area contributed by atoms with Gasteiger partial charge in [-0.3, -0.25) is 0 Å². The maximum absolute atomic E-state index is 5.67. The fourth-order valence-electron chi connectivity index (χ4n) is 2.32. The summed E-state index contributed by atoms with van der Waals surface area (Å²) < 4.78 is 5.67. The largest absolute Gasteiger partial charge is 0.478 e. The van der Waals surface area contributed by atoms with E-state index in [4.69, 9.17) is 4.74 Å². The zero-order chi connectivity index (χ0) is 9.47. The molecule has 2 aliphatic rings. The van der Waals surface area contributed by atoms with Gasteiger partial charge in [-0.1, -0.05) is 13.3 Å². The van der Waals surface area contributed by atoms with Crippen LogP contribution in [0, 0.1) is 11.8 Å². The van der Waals surface area contributed by atoms with E-state index in [9.17, 15) is 0 Å². The van der Waals surface area contributed by atoms with Crippen LogP contribution in [-0.4, -0.2) is 18.0 Å². The van der Waals surface area contributed by atoms with Crippen LogP contribution < -0.4 is 0 Å². The molecule has 0 bridgehead atoms. The summed E-state index contributed by atoms with van der Waals surface area (Å²) in [6.07, 6.45) is 3.96. The Balaban J connectivity index is 2.09. The number of rotatable bonds is 1. The maximum atomic E-state index is 5.67. The van der Waals surface area contributed by atoms with E-state index in [1.165, 1.54) is 19.3 Å². The van der Waals surface area contributed by atoms with E-state index in [0.717, 1.165) is 18.4 Å². The molecule has 0 radical (unpaired) electrons. The fourth-order valence-corrected chi connectivity index (χ4v) is 2.32. The molecule has 13 heavy (non-hydrogen) atoms. The molecule has 1 saturated carbocycles. The minimum absolute atomic E-state index is 0.0254. The first-order valence-electron chi connectivity index (χ1n) is 5.31. The van der Waals surface area contributed by atoms with Crippen molar-refractivity contribution in [3.63, 3.8) is 0 Å². The van der Waals surface area contributed by atoms with E-state index in [2.05, 4.69) is 25.8 Å². The lowest BCUT2D eigenvalue weighted by Crippen LogP contribution is -2.17. The molecule has 1 fully saturated rings. The molecular formula is C11H19NO. The molecule has 2 heteroatoms. The Morgan fingerprint density at radius 2 is 2.15 bits per heavy atom. The predicted molar refractivity (Wildman–Crippen MR) is 54.0 cm³/mol. The van der Waals surface area contributed by atoms with Gasteiger partial charge in [0.05, 0.1) is 5.54 Å². The highest BCUT2D eigenvalue weighted by Gasteiger charge is 2.35. The van der Waals surface area contributed by atoms with Crippen molar-refractivity contribution in [1.82, 2.24) is 0 Å². The van der Waals surface area contributed by atoms with Crippen molar-refractivity contribution in [2.75, 3.05) is 6.61 Å². The first kappa shape index (κ1) is 9.04. The van der Waals surface area contributed by atoms with Gasteiger partial charge in [-0.2, -0.15) is 0 Å². The van der Waals surface area contributed by atoms with Crippen LogP contribution in [0.1, 0.15) is 40.0 Å². The van der Waals surface area contributed by atoms with Gasteiger partial charge in [0.2, 0.25) is 0 Å². The van der Waals surface area contributed by atoms with Crippen molar-refractivity contribution < 1.29 is 4.74 Å². The number of hydrogen-bond donors (Lipinski definition) is 0. The molecule has 1 heterocycles. The average molecular weight is 181 g/mol. The molecule has 0 aromatic carbocycles. The molecule has 0 unspecified atom stereocenters. The van der Waals surface area contributed by atoms with Crippen LogP contribution >= 0.6 is 0 Å². The SMILES string of the molecule is C[C@H]1CCC[C@@H]1C1=NC(C)(C)CO1. The van der Waals surface area contributed by atoms with Crippen LogP contribution in [0.15, 0.2) is 4.99 Å². The van der Waals surface area contributed by atoms with E-state index >= 15 is 0 Å². The van der Waals surface area contributed by atoms with Crippen molar-refractivity contribution in [1.29, 1.82) is 0 Å². The molecule has 0 aromatic rings.